The summed E-state index contributed by atoms with van der Waals surface area (Å²) in [4.78, 5) is 4.61. The Labute approximate surface area is 196 Å². The Balaban J connectivity index is 0.00000450. The molecule has 3 N–H and O–H groups in total. The van der Waals surface area contributed by atoms with Gasteiger partial charge in [-0.25, -0.2) is 13.1 Å². The number of benzene rings is 1. The molecule has 0 unspecified atom stereocenters. The summed E-state index contributed by atoms with van der Waals surface area (Å²) in [6, 6.07) is 10.3. The van der Waals surface area contributed by atoms with Crippen molar-refractivity contribution in [3.63, 3.8) is 0 Å². The van der Waals surface area contributed by atoms with Crippen molar-refractivity contribution < 1.29 is 8.42 Å². The fourth-order valence-electron chi connectivity index (χ4n) is 2.74. The monoisotopic (exact) mass is 549 g/mol. The molecule has 0 aliphatic rings. The van der Waals surface area contributed by atoms with Crippen molar-refractivity contribution in [3.05, 3.63) is 48.0 Å². The fourth-order valence-corrected chi connectivity index (χ4v) is 3.22. The van der Waals surface area contributed by atoms with E-state index in [2.05, 4.69) is 42.7 Å². The average Bonchev–Trinajstić information content (AvgIpc) is 3.15. The summed E-state index contributed by atoms with van der Waals surface area (Å²) in [5.74, 6) is 1.61. The lowest BCUT2D eigenvalue weighted by atomic mass is 10.1. The van der Waals surface area contributed by atoms with Gasteiger partial charge in [-0.2, -0.15) is 0 Å². The SMILES string of the molecule is CCc1nncn1CCNC(=NCCCc1ccccc1)NCCNS(C)(=O)=O.I. The van der Waals surface area contributed by atoms with Gasteiger partial charge >= 0.3 is 0 Å². The van der Waals surface area contributed by atoms with Crippen LogP contribution in [0.3, 0.4) is 0 Å². The number of halogens is 1. The molecule has 0 aliphatic heterocycles. The number of hydrogen-bond donors (Lipinski definition) is 3. The number of sulfonamides is 1. The summed E-state index contributed by atoms with van der Waals surface area (Å²) in [5.41, 5.74) is 1.29. The minimum atomic E-state index is -3.20. The summed E-state index contributed by atoms with van der Waals surface area (Å²) < 4.78 is 26.8. The van der Waals surface area contributed by atoms with Crippen LogP contribution >= 0.6 is 24.0 Å². The summed E-state index contributed by atoms with van der Waals surface area (Å²) in [6.45, 7) is 4.86. The van der Waals surface area contributed by atoms with Crippen LogP contribution in [0, 0.1) is 0 Å². The Morgan fingerprint density at radius 3 is 2.57 bits per heavy atom. The maximum absolute atomic E-state index is 11.2. The Morgan fingerprint density at radius 2 is 1.87 bits per heavy atom. The highest BCUT2D eigenvalue weighted by Crippen LogP contribution is 2.02. The van der Waals surface area contributed by atoms with E-state index in [0.29, 0.717) is 32.1 Å². The smallest absolute Gasteiger partial charge is 0.208 e. The van der Waals surface area contributed by atoms with Gasteiger partial charge in [0.1, 0.15) is 12.2 Å². The van der Waals surface area contributed by atoms with Crippen molar-refractivity contribution in [2.24, 2.45) is 4.99 Å². The number of aromatic nitrogens is 3. The van der Waals surface area contributed by atoms with Gasteiger partial charge in [-0.1, -0.05) is 37.3 Å². The molecule has 0 saturated heterocycles. The predicted molar refractivity (Wildman–Crippen MR) is 131 cm³/mol. The highest BCUT2D eigenvalue weighted by molar-refractivity contribution is 14.0. The molecule has 1 aromatic carbocycles. The van der Waals surface area contributed by atoms with Gasteiger partial charge in [-0.05, 0) is 18.4 Å². The Bertz CT molecular complexity index is 857. The van der Waals surface area contributed by atoms with Crippen LogP contribution in [0.25, 0.3) is 0 Å². The van der Waals surface area contributed by atoms with Gasteiger partial charge in [-0.3, -0.25) is 4.99 Å². The molecule has 2 rings (SSSR count). The molecule has 0 atom stereocenters. The van der Waals surface area contributed by atoms with E-state index >= 15 is 0 Å². The van der Waals surface area contributed by atoms with Crippen LogP contribution in [0.4, 0.5) is 0 Å². The van der Waals surface area contributed by atoms with E-state index in [9.17, 15) is 8.42 Å². The van der Waals surface area contributed by atoms with Crippen LogP contribution in [0.15, 0.2) is 41.7 Å². The van der Waals surface area contributed by atoms with Gasteiger partial charge in [0.2, 0.25) is 10.0 Å². The van der Waals surface area contributed by atoms with Crippen LogP contribution < -0.4 is 15.4 Å². The summed E-state index contributed by atoms with van der Waals surface area (Å²) in [6.07, 6.45) is 5.60. The maximum Gasteiger partial charge on any atom is 0.208 e. The molecule has 2 aromatic rings. The van der Waals surface area contributed by atoms with Crippen LogP contribution in [-0.2, 0) is 29.4 Å². The highest BCUT2D eigenvalue weighted by atomic mass is 127. The summed E-state index contributed by atoms with van der Waals surface area (Å²) in [5, 5.41) is 14.5. The number of nitrogens with one attached hydrogen (secondary N) is 3. The first-order valence-corrected chi connectivity index (χ1v) is 11.7. The molecule has 0 bridgehead atoms. The normalized spacial score (nSPS) is 11.7. The quantitative estimate of drug-likeness (QED) is 0.159. The third kappa shape index (κ3) is 10.9. The number of rotatable bonds is 12. The number of aliphatic imine (C=N–C) groups is 1. The third-order valence-corrected chi connectivity index (χ3v) is 4.90. The van der Waals surface area contributed by atoms with Gasteiger partial charge < -0.3 is 15.2 Å². The number of aryl methyl sites for hydroxylation is 2. The standard InChI is InChI=1S/C19H31N7O2S.HI/c1-3-18-25-23-16-26(18)15-14-22-19(21-12-13-24-29(2,27)28)20-11-7-10-17-8-5-4-6-9-17;/h4-6,8-9,16,24H,3,7,10-15H2,1-2H3,(H2,20,21,22);1H. The van der Waals surface area contributed by atoms with Gasteiger partial charge in [0.25, 0.3) is 0 Å². The van der Waals surface area contributed by atoms with Gasteiger partial charge in [-0.15, -0.1) is 34.2 Å². The third-order valence-electron chi connectivity index (χ3n) is 4.18. The second-order valence-electron chi connectivity index (χ2n) is 6.63. The molecule has 0 amide bonds. The molecule has 168 valence electrons. The van der Waals surface area contributed by atoms with Crippen molar-refractivity contribution >= 4 is 40.0 Å². The number of hydrogen-bond acceptors (Lipinski definition) is 5. The van der Waals surface area contributed by atoms with Crippen molar-refractivity contribution in [1.82, 2.24) is 30.1 Å². The van der Waals surface area contributed by atoms with Gasteiger partial charge in [0, 0.05) is 39.1 Å². The van der Waals surface area contributed by atoms with E-state index in [4.69, 9.17) is 0 Å². The van der Waals surface area contributed by atoms with Crippen molar-refractivity contribution in [2.75, 3.05) is 32.4 Å². The highest BCUT2D eigenvalue weighted by Gasteiger charge is 2.04. The summed E-state index contributed by atoms with van der Waals surface area (Å²) >= 11 is 0. The molecule has 1 heterocycles. The topological polar surface area (TPSA) is 113 Å². The van der Waals surface area contributed by atoms with E-state index < -0.39 is 10.0 Å². The first-order valence-electron chi connectivity index (χ1n) is 9.85. The average molecular weight is 549 g/mol. The molecule has 11 heteroatoms. The van der Waals surface area contributed by atoms with Crippen molar-refractivity contribution in [1.29, 1.82) is 0 Å². The van der Waals surface area contributed by atoms with Crippen LogP contribution in [0.5, 0.6) is 0 Å². The fraction of sp³-hybridized carbons (Fsp3) is 0.526. The van der Waals surface area contributed by atoms with E-state index in [1.54, 1.807) is 6.33 Å². The number of nitrogens with zero attached hydrogens (tertiary/aromatic N) is 4. The molecule has 30 heavy (non-hydrogen) atoms. The van der Waals surface area contributed by atoms with Crippen molar-refractivity contribution in [2.45, 2.75) is 32.7 Å². The molecular formula is C19H32IN7O2S. The zero-order valence-corrected chi connectivity index (χ0v) is 20.7. The lowest BCUT2D eigenvalue weighted by Crippen LogP contribution is -2.42. The molecule has 1 aromatic heterocycles. The molecule has 0 radical (unpaired) electrons. The van der Waals surface area contributed by atoms with E-state index in [1.807, 2.05) is 29.7 Å². The van der Waals surface area contributed by atoms with Gasteiger partial charge in [0.15, 0.2) is 5.96 Å². The van der Waals surface area contributed by atoms with Gasteiger partial charge in [0.05, 0.1) is 6.26 Å². The minimum Gasteiger partial charge on any atom is -0.355 e. The van der Waals surface area contributed by atoms with E-state index in [1.165, 1.54) is 5.56 Å². The lowest BCUT2D eigenvalue weighted by molar-refractivity contribution is 0.586. The predicted octanol–water partition coefficient (Wildman–Crippen LogP) is 1.18. The first kappa shape index (κ1) is 26.3. The molecule has 0 spiro atoms. The largest absolute Gasteiger partial charge is 0.355 e. The second-order valence-corrected chi connectivity index (χ2v) is 8.47. The van der Waals surface area contributed by atoms with Crippen LogP contribution in [0.2, 0.25) is 0 Å². The van der Waals surface area contributed by atoms with Crippen LogP contribution in [-0.4, -0.2) is 61.6 Å². The molecule has 0 aliphatic carbocycles. The maximum atomic E-state index is 11.2. The Morgan fingerprint density at radius 1 is 1.13 bits per heavy atom. The Kier molecular flexibility index (Phi) is 12.5. The zero-order valence-electron chi connectivity index (χ0n) is 17.5. The molecule has 0 fully saturated rings. The van der Waals surface area contributed by atoms with E-state index in [0.717, 1.165) is 37.9 Å². The lowest BCUT2D eigenvalue weighted by Gasteiger charge is -2.13. The minimum absolute atomic E-state index is 0. The first-order chi connectivity index (χ1) is 14.0. The van der Waals surface area contributed by atoms with Crippen molar-refractivity contribution in [3.8, 4) is 0 Å². The second kappa shape index (κ2) is 14.3. The summed E-state index contributed by atoms with van der Waals surface area (Å²) in [7, 11) is -3.20. The molecule has 0 saturated carbocycles. The zero-order chi connectivity index (χ0) is 21.0. The molecule has 9 nitrogen and oxygen atoms in total. The van der Waals surface area contributed by atoms with E-state index in [-0.39, 0.29) is 24.0 Å². The van der Waals surface area contributed by atoms with Crippen LogP contribution in [0.1, 0.15) is 24.7 Å². The molecular weight excluding hydrogens is 517 g/mol. The number of guanidine groups is 1. The Hall–Kier alpha value is -1.73.